The molecule has 26 heavy (non-hydrogen) atoms. The van der Waals surface area contributed by atoms with Crippen LogP contribution in [0.2, 0.25) is 0 Å². The lowest BCUT2D eigenvalue weighted by molar-refractivity contribution is -0.153. The molecule has 2 aliphatic rings. The van der Waals surface area contributed by atoms with Gasteiger partial charge in [-0.2, -0.15) is 0 Å². The maximum Gasteiger partial charge on any atom is 0.331 e. The number of carbonyl (C=O) groups is 3. The first-order valence-corrected chi connectivity index (χ1v) is 9.26. The van der Waals surface area contributed by atoms with Crippen molar-refractivity contribution in [1.29, 1.82) is 0 Å². The van der Waals surface area contributed by atoms with Gasteiger partial charge in [0.15, 0.2) is 0 Å². The van der Waals surface area contributed by atoms with E-state index in [4.69, 9.17) is 4.74 Å². The summed E-state index contributed by atoms with van der Waals surface area (Å²) < 4.78 is 4.95. The number of benzene rings is 1. The van der Waals surface area contributed by atoms with E-state index in [1.165, 1.54) is 7.11 Å². The Balaban J connectivity index is 1.64. The predicted octanol–water partition coefficient (Wildman–Crippen LogP) is 2.03. The van der Waals surface area contributed by atoms with Crippen molar-refractivity contribution in [3.05, 3.63) is 35.9 Å². The van der Waals surface area contributed by atoms with Crippen LogP contribution >= 0.6 is 0 Å². The molecule has 0 spiro atoms. The predicted molar refractivity (Wildman–Crippen MR) is 95.9 cm³/mol. The molecule has 0 aromatic heterocycles. The molecule has 0 unspecified atom stereocenters. The van der Waals surface area contributed by atoms with E-state index in [-0.39, 0.29) is 24.2 Å². The molecule has 0 bridgehead atoms. The largest absolute Gasteiger partial charge is 0.467 e. The fraction of sp³-hybridized carbons (Fsp3) is 0.550. The number of amides is 2. The molecule has 1 aliphatic heterocycles. The van der Waals surface area contributed by atoms with Gasteiger partial charge in [0.25, 0.3) is 0 Å². The number of likely N-dealkylation sites (tertiary alicyclic amines) is 1. The molecule has 1 N–H and O–H groups in total. The number of methoxy groups -OCH3 is 1. The van der Waals surface area contributed by atoms with Gasteiger partial charge in [0.1, 0.15) is 5.54 Å². The highest BCUT2D eigenvalue weighted by atomic mass is 16.5. The van der Waals surface area contributed by atoms with Crippen LogP contribution in [0.1, 0.15) is 44.1 Å². The van der Waals surface area contributed by atoms with Gasteiger partial charge < -0.3 is 15.0 Å². The average Bonchev–Trinajstić information content (AvgIpc) is 3.03. The molecule has 1 saturated heterocycles. The van der Waals surface area contributed by atoms with Crippen molar-refractivity contribution in [2.45, 2.75) is 50.6 Å². The number of ether oxygens (including phenoxy) is 1. The second-order valence-corrected chi connectivity index (χ2v) is 7.28. The standard InChI is InChI=1S/C20H26N2O4/c1-26-19(25)20(10-6-3-7-11-20)21-18(24)16-12-17(23)22(14-16)13-15-8-4-2-5-9-15/h2,4-5,8-9,16H,3,6-7,10-14H2,1H3,(H,21,24)/t16-/m0/s1. The molecule has 1 saturated carbocycles. The van der Waals surface area contributed by atoms with Gasteiger partial charge in [0.2, 0.25) is 11.8 Å². The third kappa shape index (κ3) is 3.89. The molecular formula is C20H26N2O4. The summed E-state index contributed by atoms with van der Waals surface area (Å²) in [5.74, 6) is -1.04. The van der Waals surface area contributed by atoms with Gasteiger partial charge in [-0.05, 0) is 18.4 Å². The number of nitrogens with zero attached hydrogens (tertiary/aromatic N) is 1. The van der Waals surface area contributed by atoms with E-state index in [0.29, 0.717) is 25.9 Å². The Bertz CT molecular complexity index is 668. The zero-order chi connectivity index (χ0) is 18.6. The van der Waals surface area contributed by atoms with Gasteiger partial charge in [-0.15, -0.1) is 0 Å². The number of esters is 1. The van der Waals surface area contributed by atoms with E-state index in [0.717, 1.165) is 24.8 Å². The number of hydrogen-bond acceptors (Lipinski definition) is 4. The van der Waals surface area contributed by atoms with Crippen LogP contribution in [0, 0.1) is 5.92 Å². The summed E-state index contributed by atoms with van der Waals surface area (Å²) in [6, 6.07) is 9.73. The second kappa shape index (κ2) is 7.89. The van der Waals surface area contributed by atoms with Crippen LogP contribution in [0.25, 0.3) is 0 Å². The van der Waals surface area contributed by atoms with Crippen LogP contribution in [0.4, 0.5) is 0 Å². The molecule has 2 fully saturated rings. The van der Waals surface area contributed by atoms with Crippen molar-refractivity contribution in [2.24, 2.45) is 5.92 Å². The molecule has 0 radical (unpaired) electrons. The molecule has 2 amide bonds. The molecule has 1 aromatic rings. The Kier molecular flexibility index (Phi) is 5.59. The Morgan fingerprint density at radius 2 is 1.88 bits per heavy atom. The van der Waals surface area contributed by atoms with Crippen molar-refractivity contribution in [3.8, 4) is 0 Å². The van der Waals surface area contributed by atoms with Crippen molar-refractivity contribution < 1.29 is 19.1 Å². The van der Waals surface area contributed by atoms with E-state index in [1.54, 1.807) is 4.90 Å². The summed E-state index contributed by atoms with van der Waals surface area (Å²) in [4.78, 5) is 39.1. The van der Waals surface area contributed by atoms with Gasteiger partial charge in [-0.1, -0.05) is 49.6 Å². The monoisotopic (exact) mass is 358 g/mol. The minimum Gasteiger partial charge on any atom is -0.467 e. The first kappa shape index (κ1) is 18.4. The van der Waals surface area contributed by atoms with Crippen molar-refractivity contribution >= 4 is 17.8 Å². The highest BCUT2D eigenvalue weighted by Crippen LogP contribution is 2.30. The quantitative estimate of drug-likeness (QED) is 0.817. The van der Waals surface area contributed by atoms with Crippen LogP contribution in [-0.2, 0) is 25.7 Å². The average molecular weight is 358 g/mol. The molecule has 3 rings (SSSR count). The van der Waals surface area contributed by atoms with Crippen LogP contribution in [0.5, 0.6) is 0 Å². The van der Waals surface area contributed by atoms with E-state index in [9.17, 15) is 14.4 Å². The summed E-state index contributed by atoms with van der Waals surface area (Å²) in [5.41, 5.74) is 0.111. The molecule has 1 aliphatic carbocycles. The molecule has 1 heterocycles. The summed E-state index contributed by atoms with van der Waals surface area (Å²) in [7, 11) is 1.35. The summed E-state index contributed by atoms with van der Waals surface area (Å²) in [6.45, 7) is 0.891. The minimum atomic E-state index is -0.931. The topological polar surface area (TPSA) is 75.7 Å². The Morgan fingerprint density at radius 3 is 2.54 bits per heavy atom. The third-order valence-electron chi connectivity index (χ3n) is 5.45. The molecule has 140 valence electrons. The summed E-state index contributed by atoms with van der Waals surface area (Å²) in [5, 5.41) is 2.94. The lowest BCUT2D eigenvalue weighted by Gasteiger charge is -2.35. The van der Waals surface area contributed by atoms with Crippen LogP contribution in [0.3, 0.4) is 0 Å². The second-order valence-electron chi connectivity index (χ2n) is 7.28. The molecule has 1 aromatic carbocycles. The maximum absolute atomic E-state index is 12.8. The van der Waals surface area contributed by atoms with Crippen molar-refractivity contribution in [3.63, 3.8) is 0 Å². The van der Waals surface area contributed by atoms with Crippen LogP contribution < -0.4 is 5.32 Å². The first-order valence-electron chi connectivity index (χ1n) is 9.26. The van der Waals surface area contributed by atoms with Gasteiger partial charge >= 0.3 is 5.97 Å². The van der Waals surface area contributed by atoms with Gasteiger partial charge in [-0.3, -0.25) is 9.59 Å². The smallest absolute Gasteiger partial charge is 0.331 e. The van der Waals surface area contributed by atoms with Gasteiger partial charge in [0, 0.05) is 19.5 Å². The fourth-order valence-electron chi connectivity index (χ4n) is 3.97. The highest BCUT2D eigenvalue weighted by molar-refractivity contribution is 5.93. The Hall–Kier alpha value is -2.37. The van der Waals surface area contributed by atoms with Crippen LogP contribution in [-0.4, -0.2) is 41.9 Å². The van der Waals surface area contributed by atoms with E-state index in [2.05, 4.69) is 5.32 Å². The van der Waals surface area contributed by atoms with E-state index >= 15 is 0 Å². The minimum absolute atomic E-state index is 0.0234. The SMILES string of the molecule is COC(=O)C1(NC(=O)[C@H]2CC(=O)N(Cc3ccccc3)C2)CCCCC1. The molecule has 6 nitrogen and oxygen atoms in total. The number of rotatable bonds is 5. The highest BCUT2D eigenvalue weighted by Gasteiger charge is 2.44. The summed E-state index contributed by atoms with van der Waals surface area (Å²) in [6.07, 6.45) is 4.22. The zero-order valence-corrected chi connectivity index (χ0v) is 15.2. The van der Waals surface area contributed by atoms with Crippen molar-refractivity contribution in [2.75, 3.05) is 13.7 Å². The maximum atomic E-state index is 12.8. The molecule has 1 atom stereocenters. The van der Waals surface area contributed by atoms with E-state index in [1.807, 2.05) is 30.3 Å². The third-order valence-corrected chi connectivity index (χ3v) is 5.45. The molecule has 6 heteroatoms. The number of carbonyl (C=O) groups excluding carboxylic acids is 3. The lowest BCUT2D eigenvalue weighted by Crippen LogP contribution is -2.57. The Labute approximate surface area is 153 Å². The van der Waals surface area contributed by atoms with E-state index < -0.39 is 11.5 Å². The zero-order valence-electron chi connectivity index (χ0n) is 15.2. The number of nitrogens with one attached hydrogen (secondary N) is 1. The molecular weight excluding hydrogens is 332 g/mol. The van der Waals surface area contributed by atoms with Crippen molar-refractivity contribution in [1.82, 2.24) is 10.2 Å². The normalized spacial score (nSPS) is 22.1. The number of hydrogen-bond donors (Lipinski definition) is 1. The fourth-order valence-corrected chi connectivity index (χ4v) is 3.97. The van der Waals surface area contributed by atoms with Gasteiger partial charge in [0.05, 0.1) is 13.0 Å². The summed E-state index contributed by atoms with van der Waals surface area (Å²) >= 11 is 0. The lowest BCUT2D eigenvalue weighted by atomic mass is 9.81. The van der Waals surface area contributed by atoms with Gasteiger partial charge in [-0.25, -0.2) is 4.79 Å². The van der Waals surface area contributed by atoms with Crippen LogP contribution in [0.15, 0.2) is 30.3 Å². The Morgan fingerprint density at radius 1 is 1.19 bits per heavy atom. The first-order chi connectivity index (χ1) is 12.5.